The molecule has 0 fully saturated rings. The number of hydrogen-bond donors (Lipinski definition) is 1. The Labute approximate surface area is 79.4 Å². The Morgan fingerprint density at radius 3 is 2.75 bits per heavy atom. The molecule has 0 amide bonds. The summed E-state index contributed by atoms with van der Waals surface area (Å²) in [4.78, 5) is 3.92. The van der Waals surface area contributed by atoms with Gasteiger partial charge in [0.05, 0.1) is 5.04 Å². The van der Waals surface area contributed by atoms with Crippen LogP contribution in [0.1, 0.15) is 32.6 Å². The van der Waals surface area contributed by atoms with Crippen molar-refractivity contribution in [1.82, 2.24) is 0 Å². The molecule has 0 aliphatic rings. The number of unbranched alkanes of at least 4 members (excludes halogenated alkanes) is 3. The van der Waals surface area contributed by atoms with Crippen molar-refractivity contribution in [2.45, 2.75) is 32.6 Å². The Bertz CT molecular complexity index is 143. The molecular formula is C9H18N2S. The van der Waals surface area contributed by atoms with Crippen molar-refractivity contribution in [3.63, 3.8) is 0 Å². The van der Waals surface area contributed by atoms with Crippen molar-refractivity contribution < 1.29 is 0 Å². The lowest BCUT2D eigenvalue weighted by molar-refractivity contribution is 0.752. The summed E-state index contributed by atoms with van der Waals surface area (Å²) < 4.78 is 0. The van der Waals surface area contributed by atoms with Crippen molar-refractivity contribution in [3.8, 4) is 0 Å². The van der Waals surface area contributed by atoms with E-state index in [1.807, 2.05) is 20.2 Å². The number of aliphatic imine (C=N–C) groups is 1. The fourth-order valence-electron chi connectivity index (χ4n) is 0.869. The molecule has 0 aliphatic carbocycles. The molecule has 0 aromatic rings. The molecule has 0 aromatic carbocycles. The van der Waals surface area contributed by atoms with Crippen LogP contribution < -0.4 is 0 Å². The van der Waals surface area contributed by atoms with Gasteiger partial charge in [0.1, 0.15) is 0 Å². The lowest BCUT2D eigenvalue weighted by atomic mass is 10.2. The molecule has 0 rings (SSSR count). The number of hydrogen-bond acceptors (Lipinski definition) is 3. The van der Waals surface area contributed by atoms with E-state index in [1.54, 1.807) is 11.8 Å². The van der Waals surface area contributed by atoms with Crippen LogP contribution in [0.15, 0.2) is 4.99 Å². The van der Waals surface area contributed by atoms with Crippen molar-refractivity contribution in [1.29, 1.82) is 5.41 Å². The van der Waals surface area contributed by atoms with Gasteiger partial charge >= 0.3 is 0 Å². The first-order chi connectivity index (χ1) is 5.77. The SMILES string of the molecule is CN=CCCCCCSC(C)=N. The lowest BCUT2D eigenvalue weighted by Crippen LogP contribution is -1.86. The van der Waals surface area contributed by atoms with Gasteiger partial charge in [-0.1, -0.05) is 6.42 Å². The summed E-state index contributed by atoms with van der Waals surface area (Å²) in [5, 5.41) is 7.91. The zero-order valence-corrected chi connectivity index (χ0v) is 8.78. The van der Waals surface area contributed by atoms with Gasteiger partial charge < -0.3 is 4.99 Å². The van der Waals surface area contributed by atoms with E-state index in [0.717, 1.165) is 17.2 Å². The van der Waals surface area contributed by atoms with Gasteiger partial charge in [-0.05, 0) is 38.2 Å². The summed E-state index contributed by atoms with van der Waals surface area (Å²) in [5.41, 5.74) is 0. The largest absolute Gasteiger partial charge is 0.301 e. The summed E-state index contributed by atoms with van der Waals surface area (Å²) >= 11 is 1.64. The third kappa shape index (κ3) is 9.69. The minimum absolute atomic E-state index is 0.727. The van der Waals surface area contributed by atoms with Crippen LogP contribution in [0.2, 0.25) is 0 Å². The molecule has 1 N–H and O–H groups in total. The van der Waals surface area contributed by atoms with Gasteiger partial charge in [-0.2, -0.15) is 0 Å². The van der Waals surface area contributed by atoms with Gasteiger partial charge in [-0.25, -0.2) is 0 Å². The molecule has 0 unspecified atom stereocenters. The van der Waals surface area contributed by atoms with Crippen molar-refractivity contribution >= 4 is 23.0 Å². The summed E-state index contributed by atoms with van der Waals surface area (Å²) in [7, 11) is 1.81. The zero-order chi connectivity index (χ0) is 9.23. The van der Waals surface area contributed by atoms with Crippen LogP contribution in [0.3, 0.4) is 0 Å². The maximum atomic E-state index is 7.18. The van der Waals surface area contributed by atoms with Gasteiger partial charge in [-0.15, -0.1) is 11.8 Å². The highest BCUT2D eigenvalue weighted by Crippen LogP contribution is 2.07. The zero-order valence-electron chi connectivity index (χ0n) is 7.97. The average molecular weight is 186 g/mol. The average Bonchev–Trinajstić information content (AvgIpc) is 2.02. The molecule has 2 nitrogen and oxygen atoms in total. The molecule has 0 aromatic heterocycles. The molecule has 0 saturated heterocycles. The molecule has 12 heavy (non-hydrogen) atoms. The summed E-state index contributed by atoms with van der Waals surface area (Å²) in [6.45, 7) is 1.84. The molecule has 3 heteroatoms. The van der Waals surface area contributed by atoms with Gasteiger partial charge in [0.2, 0.25) is 0 Å². The Balaban J connectivity index is 2.96. The van der Waals surface area contributed by atoms with E-state index in [1.165, 1.54) is 19.3 Å². The van der Waals surface area contributed by atoms with E-state index in [-0.39, 0.29) is 0 Å². The Hall–Kier alpha value is -0.310. The molecule has 0 saturated carbocycles. The Kier molecular flexibility index (Phi) is 8.56. The fourth-order valence-corrected chi connectivity index (χ4v) is 1.52. The van der Waals surface area contributed by atoms with Crippen molar-refractivity contribution in [3.05, 3.63) is 0 Å². The molecule has 0 radical (unpaired) electrons. The molecule has 0 aliphatic heterocycles. The van der Waals surface area contributed by atoms with Crippen LogP contribution >= 0.6 is 11.8 Å². The highest BCUT2D eigenvalue weighted by molar-refractivity contribution is 8.13. The number of nitrogens with zero attached hydrogens (tertiary/aromatic N) is 1. The van der Waals surface area contributed by atoms with Crippen LogP contribution in [-0.2, 0) is 0 Å². The minimum Gasteiger partial charge on any atom is -0.301 e. The van der Waals surface area contributed by atoms with Crippen LogP contribution in [-0.4, -0.2) is 24.1 Å². The highest BCUT2D eigenvalue weighted by Gasteiger charge is 1.90. The first-order valence-corrected chi connectivity index (χ1v) is 5.34. The summed E-state index contributed by atoms with van der Waals surface area (Å²) in [5.74, 6) is 1.10. The van der Waals surface area contributed by atoms with Crippen LogP contribution in [0, 0.1) is 5.41 Å². The molecule has 0 spiro atoms. The molecular weight excluding hydrogens is 168 g/mol. The highest BCUT2D eigenvalue weighted by atomic mass is 32.2. The summed E-state index contributed by atoms with van der Waals surface area (Å²) in [6.07, 6.45) is 6.78. The second-order valence-corrected chi connectivity index (χ2v) is 4.00. The van der Waals surface area contributed by atoms with E-state index in [2.05, 4.69) is 4.99 Å². The smallest absolute Gasteiger partial charge is 0.0610 e. The second-order valence-electron chi connectivity index (χ2n) is 2.69. The first-order valence-electron chi connectivity index (χ1n) is 4.36. The maximum absolute atomic E-state index is 7.18. The number of rotatable bonds is 6. The number of thioether (sulfide) groups is 1. The minimum atomic E-state index is 0.727. The predicted molar refractivity (Wildman–Crippen MR) is 58.7 cm³/mol. The molecule has 0 heterocycles. The standard InChI is InChI=1S/C9H18N2S/c1-9(10)12-8-6-4-3-5-7-11-2/h7,10H,3-6,8H2,1-2H3. The quantitative estimate of drug-likeness (QED) is 0.386. The second kappa shape index (κ2) is 8.78. The monoisotopic (exact) mass is 186 g/mol. The van der Waals surface area contributed by atoms with E-state index in [9.17, 15) is 0 Å². The predicted octanol–water partition coefficient (Wildman–Crippen LogP) is 2.98. The fraction of sp³-hybridized carbons (Fsp3) is 0.778. The third-order valence-electron chi connectivity index (χ3n) is 1.48. The molecule has 0 bridgehead atoms. The van der Waals surface area contributed by atoms with Gasteiger partial charge in [0.25, 0.3) is 0 Å². The normalized spacial score (nSPS) is 10.8. The summed E-state index contributed by atoms with van der Waals surface area (Å²) in [6, 6.07) is 0. The molecule has 0 atom stereocenters. The van der Waals surface area contributed by atoms with Crippen LogP contribution in [0.5, 0.6) is 0 Å². The van der Waals surface area contributed by atoms with E-state index >= 15 is 0 Å². The number of nitrogens with one attached hydrogen (secondary N) is 1. The molecule has 70 valence electrons. The Morgan fingerprint density at radius 1 is 1.42 bits per heavy atom. The van der Waals surface area contributed by atoms with E-state index in [4.69, 9.17) is 5.41 Å². The van der Waals surface area contributed by atoms with Crippen molar-refractivity contribution in [2.75, 3.05) is 12.8 Å². The van der Waals surface area contributed by atoms with E-state index in [0.29, 0.717) is 0 Å². The topological polar surface area (TPSA) is 36.2 Å². The van der Waals surface area contributed by atoms with Crippen LogP contribution in [0.4, 0.5) is 0 Å². The third-order valence-corrected chi connectivity index (χ3v) is 2.40. The van der Waals surface area contributed by atoms with Gasteiger partial charge in [0, 0.05) is 7.05 Å². The maximum Gasteiger partial charge on any atom is 0.0610 e. The van der Waals surface area contributed by atoms with Crippen molar-refractivity contribution in [2.24, 2.45) is 4.99 Å². The van der Waals surface area contributed by atoms with E-state index < -0.39 is 0 Å². The van der Waals surface area contributed by atoms with Crippen LogP contribution in [0.25, 0.3) is 0 Å². The Morgan fingerprint density at radius 2 is 2.17 bits per heavy atom. The first kappa shape index (κ1) is 11.7. The van der Waals surface area contributed by atoms with Gasteiger partial charge in [0.15, 0.2) is 0 Å². The lowest BCUT2D eigenvalue weighted by Gasteiger charge is -1.97. The van der Waals surface area contributed by atoms with Gasteiger partial charge in [-0.3, -0.25) is 5.41 Å².